The van der Waals surface area contributed by atoms with E-state index in [1.54, 1.807) is 0 Å². The maximum Gasteiger partial charge on any atom is 0.0766 e. The van der Waals surface area contributed by atoms with Crippen LogP contribution >= 0.6 is 0 Å². The van der Waals surface area contributed by atoms with Crippen molar-refractivity contribution in [3.8, 4) is 0 Å². The van der Waals surface area contributed by atoms with Crippen molar-refractivity contribution in [1.29, 1.82) is 0 Å². The molecule has 0 fully saturated rings. The van der Waals surface area contributed by atoms with Gasteiger partial charge in [0.1, 0.15) is 0 Å². The molecule has 0 bridgehead atoms. The van der Waals surface area contributed by atoms with Crippen LogP contribution in [0.15, 0.2) is 24.3 Å². The molecule has 0 aliphatic heterocycles. The predicted molar refractivity (Wildman–Crippen MR) is 73.1 cm³/mol. The van der Waals surface area contributed by atoms with Crippen molar-refractivity contribution in [2.75, 3.05) is 6.54 Å². The van der Waals surface area contributed by atoms with Crippen LogP contribution < -0.4 is 5.32 Å². The summed E-state index contributed by atoms with van der Waals surface area (Å²) in [6.45, 7) is 10.8. The summed E-state index contributed by atoms with van der Waals surface area (Å²) >= 11 is 0. The Morgan fingerprint density at radius 3 is 2.47 bits per heavy atom. The summed E-state index contributed by atoms with van der Waals surface area (Å²) in [6.07, 6.45) is 0. The zero-order valence-corrected chi connectivity index (χ0v) is 11.6. The van der Waals surface area contributed by atoms with E-state index in [-0.39, 0.29) is 12.0 Å². The van der Waals surface area contributed by atoms with Gasteiger partial charge in [-0.1, -0.05) is 43.7 Å². The Morgan fingerprint density at radius 2 is 1.94 bits per heavy atom. The van der Waals surface area contributed by atoms with Gasteiger partial charge in [0.25, 0.3) is 0 Å². The maximum absolute atomic E-state index is 10.2. The van der Waals surface area contributed by atoms with E-state index in [9.17, 15) is 5.11 Å². The number of aryl methyl sites for hydroxylation is 1. The highest BCUT2D eigenvalue weighted by Crippen LogP contribution is 2.18. The molecule has 1 rings (SSSR count). The third kappa shape index (κ3) is 4.14. The Labute approximate surface area is 105 Å². The van der Waals surface area contributed by atoms with Gasteiger partial charge in [-0.05, 0) is 32.3 Å². The number of benzene rings is 1. The molecule has 2 nitrogen and oxygen atoms in total. The van der Waals surface area contributed by atoms with Crippen LogP contribution in [0.25, 0.3) is 0 Å². The van der Waals surface area contributed by atoms with Crippen molar-refractivity contribution >= 4 is 0 Å². The van der Waals surface area contributed by atoms with Crippen LogP contribution in [0.2, 0.25) is 0 Å². The summed E-state index contributed by atoms with van der Waals surface area (Å²) in [5, 5.41) is 13.6. The predicted octanol–water partition coefficient (Wildman–Crippen LogP) is 3.05. The summed E-state index contributed by atoms with van der Waals surface area (Å²) in [4.78, 5) is 0. The molecule has 1 aromatic carbocycles. The lowest BCUT2D eigenvalue weighted by Gasteiger charge is -2.29. The monoisotopic (exact) mass is 235 g/mol. The van der Waals surface area contributed by atoms with E-state index in [0.29, 0.717) is 6.54 Å². The SMILES string of the molecule is Cc1cccc(C(C)NCC(C)(O)C(C)C)c1. The smallest absolute Gasteiger partial charge is 0.0766 e. The molecule has 0 saturated carbocycles. The third-order valence-electron chi connectivity index (χ3n) is 3.55. The summed E-state index contributed by atoms with van der Waals surface area (Å²) in [5.74, 6) is 0.250. The van der Waals surface area contributed by atoms with Gasteiger partial charge in [0.15, 0.2) is 0 Å². The van der Waals surface area contributed by atoms with E-state index in [0.717, 1.165) is 0 Å². The average Bonchev–Trinajstić information content (AvgIpc) is 2.25. The van der Waals surface area contributed by atoms with Crippen LogP contribution in [-0.2, 0) is 0 Å². The number of rotatable bonds is 5. The van der Waals surface area contributed by atoms with E-state index < -0.39 is 5.60 Å². The topological polar surface area (TPSA) is 32.3 Å². The van der Waals surface area contributed by atoms with Crippen LogP contribution in [0.5, 0.6) is 0 Å². The second-order valence-corrected chi connectivity index (χ2v) is 5.53. The maximum atomic E-state index is 10.2. The lowest BCUT2D eigenvalue weighted by atomic mass is 9.92. The van der Waals surface area contributed by atoms with Crippen molar-refractivity contribution in [1.82, 2.24) is 5.32 Å². The Balaban J connectivity index is 2.59. The van der Waals surface area contributed by atoms with E-state index >= 15 is 0 Å². The Bertz CT molecular complexity index is 358. The van der Waals surface area contributed by atoms with Gasteiger partial charge in [-0.15, -0.1) is 0 Å². The first-order valence-electron chi connectivity index (χ1n) is 6.35. The Morgan fingerprint density at radius 1 is 1.29 bits per heavy atom. The minimum atomic E-state index is -0.655. The molecule has 0 aliphatic rings. The van der Waals surface area contributed by atoms with Gasteiger partial charge in [0, 0.05) is 12.6 Å². The third-order valence-corrected chi connectivity index (χ3v) is 3.55. The van der Waals surface area contributed by atoms with Crippen LogP contribution in [0.1, 0.15) is 44.9 Å². The number of hydrogen-bond donors (Lipinski definition) is 2. The molecule has 1 aromatic rings. The van der Waals surface area contributed by atoms with Gasteiger partial charge >= 0.3 is 0 Å². The summed E-state index contributed by atoms with van der Waals surface area (Å²) in [7, 11) is 0. The van der Waals surface area contributed by atoms with E-state index in [1.807, 2.05) is 20.8 Å². The van der Waals surface area contributed by atoms with Gasteiger partial charge in [-0.3, -0.25) is 0 Å². The van der Waals surface area contributed by atoms with E-state index in [1.165, 1.54) is 11.1 Å². The Kier molecular flexibility index (Phi) is 4.72. The van der Waals surface area contributed by atoms with Crippen LogP contribution in [0, 0.1) is 12.8 Å². The zero-order chi connectivity index (χ0) is 13.1. The van der Waals surface area contributed by atoms with Gasteiger partial charge in [-0.2, -0.15) is 0 Å². The van der Waals surface area contributed by atoms with Crippen molar-refractivity contribution < 1.29 is 5.11 Å². The molecule has 0 saturated heterocycles. The molecule has 2 heteroatoms. The first-order valence-corrected chi connectivity index (χ1v) is 6.35. The molecule has 0 radical (unpaired) electrons. The molecule has 0 aliphatic carbocycles. The van der Waals surface area contributed by atoms with Gasteiger partial charge in [0.05, 0.1) is 5.60 Å². The minimum absolute atomic E-state index is 0.250. The number of hydrogen-bond acceptors (Lipinski definition) is 2. The largest absolute Gasteiger partial charge is 0.389 e. The molecule has 0 spiro atoms. The van der Waals surface area contributed by atoms with Crippen molar-refractivity contribution in [2.24, 2.45) is 5.92 Å². The van der Waals surface area contributed by atoms with Gasteiger partial charge in [0.2, 0.25) is 0 Å². The van der Waals surface area contributed by atoms with Crippen LogP contribution in [0.4, 0.5) is 0 Å². The fourth-order valence-corrected chi connectivity index (χ4v) is 1.62. The van der Waals surface area contributed by atoms with Crippen LogP contribution in [0.3, 0.4) is 0 Å². The summed E-state index contributed by atoms with van der Waals surface area (Å²) in [5.41, 5.74) is 1.88. The highest BCUT2D eigenvalue weighted by Gasteiger charge is 2.25. The molecule has 2 N–H and O–H groups in total. The molecular weight excluding hydrogens is 210 g/mol. The average molecular weight is 235 g/mol. The van der Waals surface area contributed by atoms with Crippen molar-refractivity contribution in [2.45, 2.75) is 46.3 Å². The number of aliphatic hydroxyl groups is 1. The molecule has 17 heavy (non-hydrogen) atoms. The molecular formula is C15H25NO. The van der Waals surface area contributed by atoms with Gasteiger partial charge in [-0.25, -0.2) is 0 Å². The number of nitrogens with one attached hydrogen (secondary N) is 1. The summed E-state index contributed by atoms with van der Waals surface area (Å²) in [6, 6.07) is 8.74. The molecule has 2 atom stereocenters. The van der Waals surface area contributed by atoms with Crippen molar-refractivity contribution in [3.05, 3.63) is 35.4 Å². The standard InChI is InChI=1S/C15H25NO/c1-11(2)15(5,17)10-16-13(4)14-8-6-7-12(3)9-14/h6-9,11,13,16-17H,10H2,1-5H3. The first-order chi connectivity index (χ1) is 7.83. The molecule has 0 heterocycles. The lowest BCUT2D eigenvalue weighted by molar-refractivity contribution is 0.0122. The highest BCUT2D eigenvalue weighted by molar-refractivity contribution is 5.24. The van der Waals surface area contributed by atoms with Crippen LogP contribution in [-0.4, -0.2) is 17.3 Å². The fourth-order valence-electron chi connectivity index (χ4n) is 1.62. The van der Waals surface area contributed by atoms with Crippen molar-refractivity contribution in [3.63, 3.8) is 0 Å². The van der Waals surface area contributed by atoms with E-state index in [2.05, 4.69) is 43.4 Å². The minimum Gasteiger partial charge on any atom is -0.389 e. The zero-order valence-electron chi connectivity index (χ0n) is 11.6. The fraction of sp³-hybridized carbons (Fsp3) is 0.600. The molecule has 96 valence electrons. The second-order valence-electron chi connectivity index (χ2n) is 5.53. The normalized spacial score (nSPS) is 16.9. The second kappa shape index (κ2) is 5.65. The summed E-state index contributed by atoms with van der Waals surface area (Å²) < 4.78 is 0. The molecule has 2 unspecified atom stereocenters. The Hall–Kier alpha value is -0.860. The highest BCUT2D eigenvalue weighted by atomic mass is 16.3. The molecule has 0 amide bonds. The first kappa shape index (κ1) is 14.2. The quantitative estimate of drug-likeness (QED) is 0.822. The molecule has 0 aromatic heterocycles. The van der Waals surface area contributed by atoms with E-state index in [4.69, 9.17) is 0 Å². The van der Waals surface area contributed by atoms with Gasteiger partial charge < -0.3 is 10.4 Å². The lowest BCUT2D eigenvalue weighted by Crippen LogP contribution is -2.42.